The SMILES string of the molecule is NCC1(CNc2ncccc2Br)CCCC1. The number of nitrogens with zero attached hydrogens (tertiary/aromatic N) is 1. The van der Waals surface area contributed by atoms with Crippen LogP contribution in [0.1, 0.15) is 25.7 Å². The van der Waals surface area contributed by atoms with Crippen LogP contribution < -0.4 is 11.1 Å². The van der Waals surface area contributed by atoms with Gasteiger partial charge in [-0.05, 0) is 52.9 Å². The zero-order valence-electron chi connectivity index (χ0n) is 9.38. The molecule has 3 N–H and O–H groups in total. The van der Waals surface area contributed by atoms with Crippen molar-refractivity contribution in [2.45, 2.75) is 25.7 Å². The van der Waals surface area contributed by atoms with E-state index in [9.17, 15) is 0 Å². The third-order valence-corrected chi connectivity index (χ3v) is 4.13. The molecule has 1 saturated carbocycles. The summed E-state index contributed by atoms with van der Waals surface area (Å²) in [7, 11) is 0. The lowest BCUT2D eigenvalue weighted by atomic mass is 9.86. The summed E-state index contributed by atoms with van der Waals surface area (Å²) in [5.74, 6) is 0.919. The molecule has 0 aromatic carbocycles. The van der Waals surface area contributed by atoms with Gasteiger partial charge in [0.05, 0.1) is 4.47 Å². The van der Waals surface area contributed by atoms with Crippen LogP contribution in [-0.4, -0.2) is 18.1 Å². The smallest absolute Gasteiger partial charge is 0.140 e. The van der Waals surface area contributed by atoms with E-state index < -0.39 is 0 Å². The molecule has 16 heavy (non-hydrogen) atoms. The van der Waals surface area contributed by atoms with Gasteiger partial charge in [0, 0.05) is 12.7 Å². The van der Waals surface area contributed by atoms with Crippen LogP contribution in [0.5, 0.6) is 0 Å². The van der Waals surface area contributed by atoms with Gasteiger partial charge in [0.1, 0.15) is 5.82 Å². The predicted molar refractivity (Wildman–Crippen MR) is 70.4 cm³/mol. The fourth-order valence-corrected chi connectivity index (χ4v) is 2.76. The predicted octanol–water partition coefficient (Wildman–Crippen LogP) is 2.78. The van der Waals surface area contributed by atoms with E-state index in [0.29, 0.717) is 0 Å². The van der Waals surface area contributed by atoms with Crippen LogP contribution in [0, 0.1) is 5.41 Å². The van der Waals surface area contributed by atoms with Gasteiger partial charge in [-0.15, -0.1) is 0 Å². The number of pyridine rings is 1. The van der Waals surface area contributed by atoms with Crippen molar-refractivity contribution in [3.8, 4) is 0 Å². The van der Waals surface area contributed by atoms with Gasteiger partial charge in [0.15, 0.2) is 0 Å². The highest BCUT2D eigenvalue weighted by molar-refractivity contribution is 9.10. The molecule has 1 aromatic heterocycles. The van der Waals surface area contributed by atoms with Crippen molar-refractivity contribution < 1.29 is 0 Å². The van der Waals surface area contributed by atoms with Crippen LogP contribution in [0.4, 0.5) is 5.82 Å². The molecule has 0 bridgehead atoms. The van der Waals surface area contributed by atoms with Crippen molar-refractivity contribution in [2.24, 2.45) is 11.1 Å². The Labute approximate surface area is 105 Å². The van der Waals surface area contributed by atoms with E-state index in [2.05, 4.69) is 26.2 Å². The van der Waals surface area contributed by atoms with Crippen LogP contribution in [0.3, 0.4) is 0 Å². The minimum absolute atomic E-state index is 0.289. The molecule has 0 unspecified atom stereocenters. The van der Waals surface area contributed by atoms with Crippen LogP contribution >= 0.6 is 15.9 Å². The Kier molecular flexibility index (Phi) is 3.82. The molecule has 1 aliphatic rings. The summed E-state index contributed by atoms with van der Waals surface area (Å²) in [6.07, 6.45) is 6.89. The summed E-state index contributed by atoms with van der Waals surface area (Å²) in [4.78, 5) is 4.31. The largest absolute Gasteiger partial charge is 0.369 e. The molecule has 0 spiro atoms. The number of anilines is 1. The van der Waals surface area contributed by atoms with Crippen LogP contribution in [0.2, 0.25) is 0 Å². The number of halogens is 1. The topological polar surface area (TPSA) is 50.9 Å². The summed E-state index contributed by atoms with van der Waals surface area (Å²) in [6.45, 7) is 1.70. The lowest BCUT2D eigenvalue weighted by Gasteiger charge is -2.27. The highest BCUT2D eigenvalue weighted by Crippen LogP contribution is 2.37. The second kappa shape index (κ2) is 5.15. The molecule has 0 aliphatic heterocycles. The molecular formula is C12H18BrN3. The molecule has 0 saturated heterocycles. The average Bonchev–Trinajstić information content (AvgIpc) is 2.78. The zero-order chi connectivity index (χ0) is 11.4. The second-order valence-electron chi connectivity index (χ2n) is 4.60. The van der Waals surface area contributed by atoms with Crippen molar-refractivity contribution in [3.63, 3.8) is 0 Å². The third-order valence-electron chi connectivity index (χ3n) is 3.49. The fraction of sp³-hybridized carbons (Fsp3) is 0.583. The number of hydrogen-bond acceptors (Lipinski definition) is 3. The standard InChI is InChI=1S/C12H18BrN3/c13-10-4-3-7-15-11(10)16-9-12(8-14)5-1-2-6-12/h3-4,7H,1-2,5-6,8-9,14H2,(H,15,16). The first-order valence-corrected chi connectivity index (χ1v) is 6.60. The van der Waals surface area contributed by atoms with Gasteiger partial charge in [0.2, 0.25) is 0 Å². The van der Waals surface area contributed by atoms with Crippen molar-refractivity contribution >= 4 is 21.7 Å². The molecule has 0 atom stereocenters. The summed E-state index contributed by atoms with van der Waals surface area (Å²) < 4.78 is 1.01. The maximum Gasteiger partial charge on any atom is 0.140 e. The Morgan fingerprint density at radius 3 is 2.81 bits per heavy atom. The van der Waals surface area contributed by atoms with Gasteiger partial charge < -0.3 is 11.1 Å². The molecule has 88 valence electrons. The number of rotatable bonds is 4. The highest BCUT2D eigenvalue weighted by atomic mass is 79.9. The summed E-state index contributed by atoms with van der Waals surface area (Å²) in [5, 5.41) is 3.41. The van der Waals surface area contributed by atoms with Crippen molar-refractivity contribution in [2.75, 3.05) is 18.4 Å². The Morgan fingerprint density at radius 2 is 2.19 bits per heavy atom. The Hall–Kier alpha value is -0.610. The molecule has 1 aliphatic carbocycles. The van der Waals surface area contributed by atoms with E-state index in [4.69, 9.17) is 5.73 Å². The number of hydrogen-bond donors (Lipinski definition) is 2. The number of aromatic nitrogens is 1. The lowest BCUT2D eigenvalue weighted by molar-refractivity contribution is 0.332. The molecule has 0 amide bonds. The van der Waals surface area contributed by atoms with E-state index >= 15 is 0 Å². The van der Waals surface area contributed by atoms with E-state index in [1.807, 2.05) is 12.1 Å². The maximum atomic E-state index is 5.90. The van der Waals surface area contributed by atoms with E-state index in [-0.39, 0.29) is 5.41 Å². The fourth-order valence-electron chi connectivity index (χ4n) is 2.37. The van der Waals surface area contributed by atoms with Gasteiger partial charge in [-0.1, -0.05) is 12.8 Å². The molecule has 2 rings (SSSR count). The van der Waals surface area contributed by atoms with Crippen molar-refractivity contribution in [3.05, 3.63) is 22.8 Å². The van der Waals surface area contributed by atoms with Gasteiger partial charge in [-0.2, -0.15) is 0 Å². The van der Waals surface area contributed by atoms with E-state index in [0.717, 1.165) is 23.4 Å². The molecule has 4 heteroatoms. The summed E-state index contributed by atoms with van der Waals surface area (Å²) in [6, 6.07) is 3.92. The molecule has 0 radical (unpaired) electrons. The molecule has 1 heterocycles. The lowest BCUT2D eigenvalue weighted by Crippen LogP contribution is -2.34. The van der Waals surface area contributed by atoms with E-state index in [1.54, 1.807) is 6.20 Å². The van der Waals surface area contributed by atoms with Crippen LogP contribution in [0.25, 0.3) is 0 Å². The summed E-state index contributed by atoms with van der Waals surface area (Å²) in [5.41, 5.74) is 6.19. The zero-order valence-corrected chi connectivity index (χ0v) is 11.0. The van der Waals surface area contributed by atoms with E-state index in [1.165, 1.54) is 25.7 Å². The monoisotopic (exact) mass is 283 g/mol. The number of nitrogens with two attached hydrogens (primary N) is 1. The normalized spacial score (nSPS) is 18.6. The first-order valence-electron chi connectivity index (χ1n) is 5.80. The minimum Gasteiger partial charge on any atom is -0.369 e. The maximum absolute atomic E-state index is 5.90. The Morgan fingerprint density at radius 1 is 1.44 bits per heavy atom. The first-order chi connectivity index (χ1) is 7.76. The van der Waals surface area contributed by atoms with Crippen molar-refractivity contribution in [1.29, 1.82) is 0 Å². The third kappa shape index (κ3) is 2.55. The van der Waals surface area contributed by atoms with Crippen LogP contribution in [-0.2, 0) is 0 Å². The number of nitrogens with one attached hydrogen (secondary N) is 1. The molecule has 3 nitrogen and oxygen atoms in total. The minimum atomic E-state index is 0.289. The first kappa shape index (κ1) is 11.9. The second-order valence-corrected chi connectivity index (χ2v) is 5.45. The summed E-state index contributed by atoms with van der Waals surface area (Å²) >= 11 is 3.49. The van der Waals surface area contributed by atoms with Gasteiger partial charge >= 0.3 is 0 Å². The Bertz CT molecular complexity index is 348. The molecule has 1 fully saturated rings. The molecule has 1 aromatic rings. The van der Waals surface area contributed by atoms with Crippen LogP contribution in [0.15, 0.2) is 22.8 Å². The molecular weight excluding hydrogens is 266 g/mol. The van der Waals surface area contributed by atoms with Gasteiger partial charge in [-0.25, -0.2) is 4.98 Å². The quantitative estimate of drug-likeness (QED) is 0.894. The Balaban J connectivity index is 1.98. The van der Waals surface area contributed by atoms with Gasteiger partial charge in [0.25, 0.3) is 0 Å². The highest BCUT2D eigenvalue weighted by Gasteiger charge is 2.32. The van der Waals surface area contributed by atoms with Gasteiger partial charge in [-0.3, -0.25) is 0 Å². The van der Waals surface area contributed by atoms with Crippen molar-refractivity contribution in [1.82, 2.24) is 4.98 Å². The average molecular weight is 284 g/mol.